The van der Waals surface area contributed by atoms with Gasteiger partial charge < -0.3 is 15.3 Å². The van der Waals surface area contributed by atoms with Gasteiger partial charge in [0.1, 0.15) is 0 Å². The number of nitrogens with zero attached hydrogens (tertiary/aromatic N) is 1. The molecule has 0 saturated carbocycles. The third-order valence-corrected chi connectivity index (χ3v) is 5.34. The number of rotatable bonds is 3. The van der Waals surface area contributed by atoms with E-state index >= 15 is 0 Å². The van der Waals surface area contributed by atoms with Gasteiger partial charge in [-0.15, -0.1) is 0 Å². The highest BCUT2D eigenvalue weighted by Crippen LogP contribution is 2.33. The van der Waals surface area contributed by atoms with E-state index in [1.165, 1.54) is 16.7 Å². The molecular weight excluding hydrogens is 304 g/mol. The molecule has 1 saturated heterocycles. The van der Waals surface area contributed by atoms with Crippen molar-refractivity contribution in [3.63, 3.8) is 0 Å². The zero-order valence-corrected chi connectivity index (χ0v) is 14.4. The largest absolute Gasteiger partial charge is 0.481 e. The molecule has 1 fully saturated rings. The molecule has 0 spiro atoms. The predicted octanol–water partition coefficient (Wildman–Crippen LogP) is 3.30. The van der Waals surface area contributed by atoms with Crippen LogP contribution in [0, 0.1) is 5.92 Å². The molecule has 1 atom stereocenters. The summed E-state index contributed by atoms with van der Waals surface area (Å²) < 4.78 is 0. The highest BCUT2D eigenvalue weighted by molar-refractivity contribution is 5.76. The number of carbonyl (C=O) groups excluding carboxylic acids is 1. The number of likely N-dealkylation sites (tertiary alicyclic amines) is 1. The van der Waals surface area contributed by atoms with Gasteiger partial charge in [-0.05, 0) is 48.3 Å². The van der Waals surface area contributed by atoms with Gasteiger partial charge in [0.25, 0.3) is 0 Å². The summed E-state index contributed by atoms with van der Waals surface area (Å²) in [5, 5.41) is 12.2. The van der Waals surface area contributed by atoms with E-state index in [2.05, 4.69) is 37.4 Å². The van der Waals surface area contributed by atoms with Crippen LogP contribution in [0.4, 0.5) is 4.79 Å². The van der Waals surface area contributed by atoms with E-state index in [4.69, 9.17) is 5.11 Å². The van der Waals surface area contributed by atoms with Crippen LogP contribution in [0.5, 0.6) is 0 Å². The minimum Gasteiger partial charge on any atom is -0.481 e. The number of benzene rings is 1. The van der Waals surface area contributed by atoms with E-state index in [0.29, 0.717) is 31.8 Å². The Labute approximate surface area is 143 Å². The summed E-state index contributed by atoms with van der Waals surface area (Å²) >= 11 is 0. The lowest BCUT2D eigenvalue weighted by molar-refractivity contribution is -0.143. The van der Waals surface area contributed by atoms with E-state index in [-0.39, 0.29) is 18.0 Å². The van der Waals surface area contributed by atoms with Crippen molar-refractivity contribution >= 4 is 12.0 Å². The number of aryl methyl sites for hydroxylation is 1. The summed E-state index contributed by atoms with van der Waals surface area (Å²) in [6.07, 6.45) is 3.02. The Bertz CT molecular complexity index is 633. The van der Waals surface area contributed by atoms with Crippen molar-refractivity contribution in [2.24, 2.45) is 5.92 Å². The Hall–Kier alpha value is -2.04. The first-order valence-corrected chi connectivity index (χ1v) is 8.86. The molecule has 0 unspecified atom stereocenters. The van der Waals surface area contributed by atoms with Gasteiger partial charge in [0.05, 0.1) is 12.0 Å². The molecule has 5 nitrogen and oxygen atoms in total. The second-order valence-electron chi connectivity index (χ2n) is 7.25. The first kappa shape index (κ1) is 16.8. The van der Waals surface area contributed by atoms with Crippen LogP contribution in [-0.4, -0.2) is 35.1 Å². The Morgan fingerprint density at radius 2 is 1.92 bits per heavy atom. The maximum Gasteiger partial charge on any atom is 0.317 e. The molecule has 1 aliphatic carbocycles. The number of carbonyl (C=O) groups is 2. The van der Waals surface area contributed by atoms with Gasteiger partial charge in [-0.2, -0.15) is 0 Å². The average molecular weight is 330 g/mol. The summed E-state index contributed by atoms with van der Waals surface area (Å²) in [6, 6.07) is 6.61. The zero-order chi connectivity index (χ0) is 17.3. The van der Waals surface area contributed by atoms with Gasteiger partial charge in [-0.25, -0.2) is 4.79 Å². The monoisotopic (exact) mass is 330 g/mol. The third-order valence-electron chi connectivity index (χ3n) is 5.34. The molecule has 1 aliphatic heterocycles. The maximum absolute atomic E-state index is 12.5. The number of fused-ring (bicyclic) bond motifs is 1. The number of urea groups is 1. The Morgan fingerprint density at radius 3 is 2.54 bits per heavy atom. The van der Waals surface area contributed by atoms with Crippen molar-refractivity contribution in [3.8, 4) is 0 Å². The molecule has 1 aromatic rings. The number of nitrogens with one attached hydrogen (secondary N) is 1. The highest BCUT2D eigenvalue weighted by atomic mass is 16.4. The number of amides is 2. The van der Waals surface area contributed by atoms with Crippen LogP contribution in [-0.2, 0) is 11.2 Å². The summed E-state index contributed by atoms with van der Waals surface area (Å²) in [6.45, 7) is 5.40. The van der Waals surface area contributed by atoms with Crippen molar-refractivity contribution in [2.75, 3.05) is 13.1 Å². The minimum atomic E-state index is -0.749. The first-order chi connectivity index (χ1) is 11.5. The fraction of sp³-hybridized carbons (Fsp3) is 0.579. The molecule has 2 N–H and O–H groups in total. The first-order valence-electron chi connectivity index (χ1n) is 8.86. The SMILES string of the molecule is CC(C)c1ccc2c(c1)[C@H](NC(=O)N1CCC(C(=O)O)CC1)CC2. The molecule has 5 heteroatoms. The third kappa shape index (κ3) is 3.40. The number of carboxylic acids is 1. The Morgan fingerprint density at radius 1 is 1.21 bits per heavy atom. The lowest BCUT2D eigenvalue weighted by Gasteiger charge is -2.31. The molecule has 2 amide bonds. The summed E-state index contributed by atoms with van der Waals surface area (Å²) in [4.78, 5) is 25.3. The van der Waals surface area contributed by atoms with Crippen LogP contribution in [0.1, 0.15) is 61.8 Å². The number of carboxylic acid groups (broad SMARTS) is 1. The van der Waals surface area contributed by atoms with Gasteiger partial charge in [0.15, 0.2) is 0 Å². The molecule has 130 valence electrons. The molecule has 0 aromatic heterocycles. The second-order valence-corrected chi connectivity index (χ2v) is 7.25. The van der Waals surface area contributed by atoms with Crippen LogP contribution in [0.15, 0.2) is 18.2 Å². The lowest BCUT2D eigenvalue weighted by atomic mass is 9.97. The van der Waals surface area contributed by atoms with Crippen LogP contribution < -0.4 is 5.32 Å². The van der Waals surface area contributed by atoms with Crippen LogP contribution in [0.3, 0.4) is 0 Å². The predicted molar refractivity (Wildman–Crippen MR) is 92.1 cm³/mol. The number of hydrogen-bond donors (Lipinski definition) is 2. The maximum atomic E-state index is 12.5. The topological polar surface area (TPSA) is 69.6 Å². The summed E-state index contributed by atoms with van der Waals surface area (Å²) in [5.74, 6) is -0.585. The van der Waals surface area contributed by atoms with Gasteiger partial charge in [0.2, 0.25) is 0 Å². The normalized spacial score (nSPS) is 21.0. The summed E-state index contributed by atoms with van der Waals surface area (Å²) in [5.41, 5.74) is 3.88. The molecule has 1 heterocycles. The molecule has 3 rings (SSSR count). The minimum absolute atomic E-state index is 0.0633. The van der Waals surface area contributed by atoms with Crippen LogP contribution >= 0.6 is 0 Å². The van der Waals surface area contributed by atoms with Gasteiger partial charge in [-0.3, -0.25) is 4.79 Å². The smallest absolute Gasteiger partial charge is 0.317 e. The lowest BCUT2D eigenvalue weighted by Crippen LogP contribution is -2.46. The Balaban J connectivity index is 1.63. The zero-order valence-electron chi connectivity index (χ0n) is 14.4. The number of piperidine rings is 1. The van der Waals surface area contributed by atoms with Crippen molar-refractivity contribution in [2.45, 2.75) is 51.5 Å². The van der Waals surface area contributed by atoms with E-state index in [1.807, 2.05) is 0 Å². The van der Waals surface area contributed by atoms with Gasteiger partial charge in [0, 0.05) is 13.1 Å². The molecule has 0 bridgehead atoms. The van der Waals surface area contributed by atoms with Crippen molar-refractivity contribution < 1.29 is 14.7 Å². The second kappa shape index (κ2) is 6.83. The molecule has 1 aromatic carbocycles. The quantitative estimate of drug-likeness (QED) is 0.893. The fourth-order valence-corrected chi connectivity index (χ4v) is 3.70. The summed E-state index contributed by atoms with van der Waals surface area (Å²) in [7, 11) is 0. The van der Waals surface area contributed by atoms with Crippen LogP contribution in [0.25, 0.3) is 0 Å². The molecular formula is C19H26N2O3. The number of aliphatic carboxylic acids is 1. The van der Waals surface area contributed by atoms with E-state index < -0.39 is 5.97 Å². The van der Waals surface area contributed by atoms with Crippen molar-refractivity contribution in [1.82, 2.24) is 10.2 Å². The van der Waals surface area contributed by atoms with Crippen molar-refractivity contribution in [1.29, 1.82) is 0 Å². The van der Waals surface area contributed by atoms with Gasteiger partial charge in [-0.1, -0.05) is 32.0 Å². The van der Waals surface area contributed by atoms with E-state index in [1.54, 1.807) is 4.90 Å². The van der Waals surface area contributed by atoms with Crippen molar-refractivity contribution in [3.05, 3.63) is 34.9 Å². The standard InChI is InChI=1S/C19H26N2O3/c1-12(2)15-4-3-13-5-6-17(16(13)11-15)20-19(24)21-9-7-14(8-10-21)18(22)23/h3-4,11-12,14,17H,5-10H2,1-2H3,(H,20,24)(H,22,23)/t17-/m1/s1. The van der Waals surface area contributed by atoms with E-state index in [0.717, 1.165) is 12.8 Å². The fourth-order valence-electron chi connectivity index (χ4n) is 3.70. The highest BCUT2D eigenvalue weighted by Gasteiger charge is 2.30. The van der Waals surface area contributed by atoms with Crippen LogP contribution in [0.2, 0.25) is 0 Å². The average Bonchev–Trinajstić information content (AvgIpc) is 2.97. The molecule has 2 aliphatic rings. The Kier molecular flexibility index (Phi) is 4.78. The molecule has 24 heavy (non-hydrogen) atoms. The van der Waals surface area contributed by atoms with E-state index in [9.17, 15) is 9.59 Å². The van der Waals surface area contributed by atoms with Gasteiger partial charge >= 0.3 is 12.0 Å². The molecule has 0 radical (unpaired) electrons. The number of hydrogen-bond acceptors (Lipinski definition) is 2.